The number of aromatic amines is 1. The van der Waals surface area contributed by atoms with E-state index in [-0.39, 0.29) is 6.42 Å². The summed E-state index contributed by atoms with van der Waals surface area (Å²) in [7, 11) is -3.41. The number of aryl methyl sites for hydroxylation is 1. The van der Waals surface area contributed by atoms with E-state index in [9.17, 15) is 23.1 Å². The molecule has 112 valence electrons. The lowest BCUT2D eigenvalue weighted by atomic mass is 10.2. The Balaban J connectivity index is 2.40. The van der Waals surface area contributed by atoms with Crippen LogP contribution in [0.15, 0.2) is 15.8 Å². The molecule has 20 heavy (non-hydrogen) atoms. The van der Waals surface area contributed by atoms with Gasteiger partial charge in [0.1, 0.15) is 12.3 Å². The SMILES string of the molecule is Cc1cn([C@H]2C[C@H](S(C)(=O)=O)[C@@H](CO)O2)c(=O)[nH]c1=O. The fraction of sp³-hybridized carbons (Fsp3) is 0.636. The number of H-pyrrole nitrogens is 1. The molecule has 2 N–H and O–H groups in total. The maximum absolute atomic E-state index is 11.7. The van der Waals surface area contributed by atoms with Gasteiger partial charge in [0, 0.05) is 24.4 Å². The van der Waals surface area contributed by atoms with Gasteiger partial charge in [-0.25, -0.2) is 13.2 Å². The molecule has 1 fully saturated rings. The van der Waals surface area contributed by atoms with Crippen LogP contribution in [0, 0.1) is 6.92 Å². The summed E-state index contributed by atoms with van der Waals surface area (Å²) < 4.78 is 29.9. The summed E-state index contributed by atoms with van der Waals surface area (Å²) in [4.78, 5) is 25.2. The highest BCUT2D eigenvalue weighted by Gasteiger charge is 2.42. The molecule has 1 aliphatic heterocycles. The molecule has 0 aliphatic carbocycles. The van der Waals surface area contributed by atoms with E-state index in [1.165, 1.54) is 13.1 Å². The first-order valence-corrected chi connectivity index (χ1v) is 7.96. The van der Waals surface area contributed by atoms with Gasteiger partial charge in [0.2, 0.25) is 0 Å². The number of rotatable bonds is 3. The van der Waals surface area contributed by atoms with Crippen molar-refractivity contribution >= 4 is 9.84 Å². The third-order valence-corrected chi connectivity index (χ3v) is 4.96. The van der Waals surface area contributed by atoms with Crippen LogP contribution in [-0.4, -0.2) is 47.3 Å². The van der Waals surface area contributed by atoms with E-state index >= 15 is 0 Å². The summed E-state index contributed by atoms with van der Waals surface area (Å²) in [5.41, 5.74) is -0.851. The zero-order valence-electron chi connectivity index (χ0n) is 11.1. The van der Waals surface area contributed by atoms with Gasteiger partial charge in [0.15, 0.2) is 9.84 Å². The van der Waals surface area contributed by atoms with E-state index in [1.54, 1.807) is 0 Å². The molecule has 0 radical (unpaired) electrons. The average Bonchev–Trinajstić information content (AvgIpc) is 2.77. The lowest BCUT2D eigenvalue weighted by molar-refractivity contribution is -0.0241. The van der Waals surface area contributed by atoms with Gasteiger partial charge in [0.25, 0.3) is 5.56 Å². The van der Waals surface area contributed by atoms with E-state index in [0.717, 1.165) is 10.8 Å². The first-order valence-electron chi connectivity index (χ1n) is 6.01. The maximum atomic E-state index is 11.7. The Morgan fingerprint density at radius 3 is 2.65 bits per heavy atom. The standard InChI is InChI=1S/C11H16N2O6S/c1-6-4-13(11(16)12-10(6)15)9-3-8(20(2,17)18)7(5-14)19-9/h4,7-9,14H,3,5H2,1-2H3,(H,12,15,16)/t7-,8+,9-/m1/s1. The van der Waals surface area contributed by atoms with Gasteiger partial charge < -0.3 is 9.84 Å². The number of aliphatic hydroxyl groups excluding tert-OH is 1. The molecule has 0 saturated carbocycles. The highest BCUT2D eigenvalue weighted by atomic mass is 32.2. The lowest BCUT2D eigenvalue weighted by Crippen LogP contribution is -2.33. The molecule has 0 aromatic carbocycles. The third kappa shape index (κ3) is 2.69. The van der Waals surface area contributed by atoms with Crippen molar-refractivity contribution in [2.24, 2.45) is 0 Å². The quantitative estimate of drug-likeness (QED) is 0.704. The van der Waals surface area contributed by atoms with Gasteiger partial charge >= 0.3 is 5.69 Å². The van der Waals surface area contributed by atoms with E-state index in [1.807, 2.05) is 0 Å². The number of aliphatic hydroxyl groups is 1. The van der Waals surface area contributed by atoms with Crippen LogP contribution in [-0.2, 0) is 14.6 Å². The smallest absolute Gasteiger partial charge is 0.330 e. The Morgan fingerprint density at radius 1 is 1.50 bits per heavy atom. The van der Waals surface area contributed by atoms with Crippen LogP contribution in [0.4, 0.5) is 0 Å². The fourth-order valence-electron chi connectivity index (χ4n) is 2.29. The van der Waals surface area contributed by atoms with E-state index < -0.39 is 45.3 Å². The Hall–Kier alpha value is -1.45. The second kappa shape index (κ2) is 5.15. The minimum Gasteiger partial charge on any atom is -0.394 e. The predicted molar refractivity (Wildman–Crippen MR) is 70.3 cm³/mol. The second-order valence-electron chi connectivity index (χ2n) is 4.89. The predicted octanol–water partition coefficient (Wildman–Crippen LogP) is -1.46. The molecule has 1 saturated heterocycles. The summed E-state index contributed by atoms with van der Waals surface area (Å²) >= 11 is 0. The van der Waals surface area contributed by atoms with Gasteiger partial charge in [-0.3, -0.25) is 14.3 Å². The highest BCUT2D eigenvalue weighted by Crippen LogP contribution is 2.31. The minimum absolute atomic E-state index is 0.0510. The van der Waals surface area contributed by atoms with Crippen LogP contribution in [0.3, 0.4) is 0 Å². The number of nitrogens with zero attached hydrogens (tertiary/aromatic N) is 1. The first kappa shape index (κ1) is 14.9. The molecule has 2 heterocycles. The molecule has 0 amide bonds. The molecule has 2 rings (SSSR count). The molecule has 1 aliphatic rings. The second-order valence-corrected chi connectivity index (χ2v) is 7.16. The summed E-state index contributed by atoms with van der Waals surface area (Å²) in [6.07, 6.45) is 0.733. The molecular weight excluding hydrogens is 288 g/mol. The molecular formula is C11H16N2O6S. The largest absolute Gasteiger partial charge is 0.394 e. The van der Waals surface area contributed by atoms with Crippen molar-refractivity contribution in [3.8, 4) is 0 Å². The van der Waals surface area contributed by atoms with E-state index in [4.69, 9.17) is 4.74 Å². The number of nitrogens with one attached hydrogen (secondary N) is 1. The summed E-state index contributed by atoms with van der Waals surface area (Å²) in [5.74, 6) is 0. The van der Waals surface area contributed by atoms with Crippen molar-refractivity contribution in [1.82, 2.24) is 9.55 Å². The van der Waals surface area contributed by atoms with Crippen LogP contribution in [0.5, 0.6) is 0 Å². The third-order valence-electron chi connectivity index (χ3n) is 3.37. The van der Waals surface area contributed by atoms with Crippen molar-refractivity contribution in [3.63, 3.8) is 0 Å². The molecule has 1 aromatic rings. The molecule has 0 spiro atoms. The van der Waals surface area contributed by atoms with Crippen LogP contribution in [0.1, 0.15) is 18.2 Å². The number of aromatic nitrogens is 2. The van der Waals surface area contributed by atoms with Crippen LogP contribution >= 0.6 is 0 Å². The monoisotopic (exact) mass is 304 g/mol. The van der Waals surface area contributed by atoms with Crippen molar-refractivity contribution in [1.29, 1.82) is 0 Å². The Bertz CT molecular complexity index is 719. The van der Waals surface area contributed by atoms with Crippen LogP contribution < -0.4 is 11.2 Å². The molecule has 3 atom stereocenters. The average molecular weight is 304 g/mol. The lowest BCUT2D eigenvalue weighted by Gasteiger charge is -2.15. The minimum atomic E-state index is -3.41. The van der Waals surface area contributed by atoms with Gasteiger partial charge in [-0.15, -0.1) is 0 Å². The Kier molecular flexibility index (Phi) is 3.85. The van der Waals surface area contributed by atoms with Crippen LogP contribution in [0.25, 0.3) is 0 Å². The molecule has 1 aromatic heterocycles. The van der Waals surface area contributed by atoms with Gasteiger partial charge in [-0.1, -0.05) is 0 Å². The zero-order valence-corrected chi connectivity index (χ0v) is 11.9. The van der Waals surface area contributed by atoms with Crippen molar-refractivity contribution < 1.29 is 18.3 Å². The van der Waals surface area contributed by atoms with Crippen LogP contribution in [0.2, 0.25) is 0 Å². The van der Waals surface area contributed by atoms with Gasteiger partial charge in [-0.2, -0.15) is 0 Å². The summed E-state index contributed by atoms with van der Waals surface area (Å²) in [6, 6.07) is 0. The molecule has 8 nitrogen and oxygen atoms in total. The Labute approximate surface area is 114 Å². The summed E-state index contributed by atoms with van der Waals surface area (Å²) in [5, 5.41) is 8.32. The summed E-state index contributed by atoms with van der Waals surface area (Å²) in [6.45, 7) is 1.08. The Morgan fingerprint density at radius 2 is 2.15 bits per heavy atom. The molecule has 0 bridgehead atoms. The molecule has 0 unspecified atom stereocenters. The van der Waals surface area contributed by atoms with E-state index in [0.29, 0.717) is 5.56 Å². The number of sulfone groups is 1. The fourth-order valence-corrected chi connectivity index (χ4v) is 3.50. The number of hydrogen-bond donors (Lipinski definition) is 2. The molecule has 9 heteroatoms. The topological polar surface area (TPSA) is 118 Å². The zero-order chi connectivity index (χ0) is 15.1. The van der Waals surface area contributed by atoms with Gasteiger partial charge in [-0.05, 0) is 6.92 Å². The maximum Gasteiger partial charge on any atom is 0.330 e. The normalized spacial score (nSPS) is 26.9. The van der Waals surface area contributed by atoms with Gasteiger partial charge in [0.05, 0.1) is 11.9 Å². The number of ether oxygens (including phenoxy) is 1. The highest BCUT2D eigenvalue weighted by molar-refractivity contribution is 7.91. The van der Waals surface area contributed by atoms with E-state index in [2.05, 4.69) is 4.98 Å². The number of hydrogen-bond acceptors (Lipinski definition) is 6. The first-order chi connectivity index (χ1) is 9.24. The van der Waals surface area contributed by atoms with Crippen molar-refractivity contribution in [3.05, 3.63) is 32.6 Å². The van der Waals surface area contributed by atoms with Crippen molar-refractivity contribution in [2.75, 3.05) is 12.9 Å². The van der Waals surface area contributed by atoms with Crippen molar-refractivity contribution in [2.45, 2.75) is 30.9 Å².